The maximum absolute atomic E-state index is 6.81. The van der Waals surface area contributed by atoms with Gasteiger partial charge in [-0.2, -0.15) is 0 Å². The standard InChI is InChI=1S/C46H33N3O3/c1-27(48-46(28-10-3-2-4-11-28)49-45(47)31-19-22-35-33-12-5-7-16-39(33)50-43(35)26-31)29-18-21-36-38-24-30(20-23-41(38)51-42(36)25-29)32-14-9-15-37-34-13-6-8-17-40(34)52-44(32)37/h2-26,45-46,48-49H,1,47H2. The second-order valence-corrected chi connectivity index (χ2v) is 13.3. The molecule has 7 aromatic carbocycles. The molecule has 0 amide bonds. The van der Waals surface area contributed by atoms with E-state index in [9.17, 15) is 0 Å². The monoisotopic (exact) mass is 675 g/mol. The molecular weight excluding hydrogens is 643 g/mol. The molecule has 4 N–H and O–H groups in total. The van der Waals surface area contributed by atoms with Gasteiger partial charge in [0.1, 0.15) is 39.7 Å². The first-order valence-electron chi connectivity index (χ1n) is 17.4. The maximum atomic E-state index is 6.81. The summed E-state index contributed by atoms with van der Waals surface area (Å²) in [4.78, 5) is 0. The van der Waals surface area contributed by atoms with E-state index < -0.39 is 6.17 Å². The van der Waals surface area contributed by atoms with Gasteiger partial charge in [-0.1, -0.05) is 116 Å². The number of furan rings is 3. The topological polar surface area (TPSA) is 89.5 Å². The fourth-order valence-electron chi connectivity index (χ4n) is 7.44. The molecule has 10 rings (SSSR count). The summed E-state index contributed by atoms with van der Waals surface area (Å²) < 4.78 is 18.9. The van der Waals surface area contributed by atoms with E-state index in [1.165, 1.54) is 0 Å². The van der Waals surface area contributed by atoms with Crippen LogP contribution in [0.4, 0.5) is 0 Å². The van der Waals surface area contributed by atoms with Crippen LogP contribution in [0.2, 0.25) is 0 Å². The summed E-state index contributed by atoms with van der Waals surface area (Å²) in [5.41, 5.74) is 17.6. The predicted molar refractivity (Wildman–Crippen MR) is 212 cm³/mol. The highest BCUT2D eigenvalue weighted by atomic mass is 16.3. The van der Waals surface area contributed by atoms with Crippen LogP contribution in [-0.4, -0.2) is 0 Å². The van der Waals surface area contributed by atoms with Crippen LogP contribution in [0.25, 0.3) is 82.6 Å². The Balaban J connectivity index is 0.947. The Labute approximate surface area is 298 Å². The van der Waals surface area contributed by atoms with Gasteiger partial charge in [0.2, 0.25) is 0 Å². The fraction of sp³-hybridized carbons (Fsp3) is 0.0435. The van der Waals surface area contributed by atoms with Crippen molar-refractivity contribution in [1.29, 1.82) is 0 Å². The SMILES string of the molecule is C=C(NC(NC(N)c1ccc2c(c1)oc1ccccc12)c1ccccc1)c1ccc2c(c1)oc1ccc(-c3cccc4c3oc3ccccc34)cc12. The molecule has 6 heteroatoms. The van der Waals surface area contributed by atoms with Gasteiger partial charge in [-0.3, -0.25) is 5.32 Å². The number of benzene rings is 7. The molecule has 0 bridgehead atoms. The van der Waals surface area contributed by atoms with Gasteiger partial charge in [0, 0.05) is 49.1 Å². The Bertz CT molecular complexity index is 2970. The van der Waals surface area contributed by atoms with Crippen LogP contribution >= 0.6 is 0 Å². The summed E-state index contributed by atoms with van der Waals surface area (Å²) in [6.45, 7) is 4.44. The van der Waals surface area contributed by atoms with Crippen LogP contribution in [0.1, 0.15) is 29.0 Å². The number of para-hydroxylation sites is 3. The minimum absolute atomic E-state index is 0.329. The molecule has 52 heavy (non-hydrogen) atoms. The lowest BCUT2D eigenvalue weighted by molar-refractivity contribution is 0.428. The van der Waals surface area contributed by atoms with E-state index in [2.05, 4.69) is 96.1 Å². The minimum atomic E-state index is -0.486. The second kappa shape index (κ2) is 12.0. The summed E-state index contributed by atoms with van der Waals surface area (Å²) >= 11 is 0. The van der Waals surface area contributed by atoms with Gasteiger partial charge >= 0.3 is 0 Å². The Morgan fingerprint density at radius 1 is 0.500 bits per heavy atom. The third-order valence-electron chi connectivity index (χ3n) is 10.1. The summed E-state index contributed by atoms with van der Waals surface area (Å²) in [5, 5.41) is 13.6. The number of nitrogens with two attached hydrogens (primary N) is 1. The van der Waals surface area contributed by atoms with Gasteiger partial charge < -0.3 is 24.3 Å². The van der Waals surface area contributed by atoms with E-state index in [0.717, 1.165) is 99.3 Å². The minimum Gasteiger partial charge on any atom is -0.456 e. The molecule has 0 aliphatic rings. The van der Waals surface area contributed by atoms with Gasteiger partial charge in [-0.05, 0) is 59.2 Å². The van der Waals surface area contributed by atoms with E-state index in [4.69, 9.17) is 19.0 Å². The van der Waals surface area contributed by atoms with Crippen LogP contribution in [0.15, 0.2) is 171 Å². The van der Waals surface area contributed by atoms with Crippen LogP contribution in [-0.2, 0) is 0 Å². The summed E-state index contributed by atoms with van der Waals surface area (Å²) in [7, 11) is 0. The molecule has 0 saturated heterocycles. The van der Waals surface area contributed by atoms with Gasteiger partial charge in [-0.15, -0.1) is 0 Å². The lowest BCUT2D eigenvalue weighted by Crippen LogP contribution is -2.39. The van der Waals surface area contributed by atoms with Crippen molar-refractivity contribution in [2.24, 2.45) is 5.73 Å². The number of hydrogen-bond donors (Lipinski definition) is 3. The number of rotatable bonds is 8. The number of nitrogens with one attached hydrogen (secondary N) is 2. The molecule has 6 nitrogen and oxygen atoms in total. The molecule has 2 unspecified atom stereocenters. The van der Waals surface area contributed by atoms with Crippen molar-refractivity contribution in [3.63, 3.8) is 0 Å². The zero-order valence-electron chi connectivity index (χ0n) is 28.1. The van der Waals surface area contributed by atoms with Gasteiger partial charge in [0.25, 0.3) is 0 Å². The Kier molecular flexibility index (Phi) is 6.99. The first kappa shape index (κ1) is 30.2. The number of hydrogen-bond acceptors (Lipinski definition) is 6. The summed E-state index contributed by atoms with van der Waals surface area (Å²) in [5.74, 6) is 0. The van der Waals surface area contributed by atoms with Gasteiger partial charge in [0.05, 0.1) is 6.17 Å². The molecule has 0 fully saturated rings. The van der Waals surface area contributed by atoms with E-state index in [1.807, 2.05) is 72.8 Å². The van der Waals surface area contributed by atoms with Crippen molar-refractivity contribution >= 4 is 71.5 Å². The molecule has 0 aliphatic carbocycles. The van der Waals surface area contributed by atoms with Gasteiger partial charge in [0.15, 0.2) is 0 Å². The van der Waals surface area contributed by atoms with Crippen molar-refractivity contribution in [2.45, 2.75) is 12.3 Å². The lowest BCUT2D eigenvalue weighted by atomic mass is 10.00. The Morgan fingerprint density at radius 3 is 1.96 bits per heavy atom. The third-order valence-corrected chi connectivity index (χ3v) is 10.1. The van der Waals surface area contributed by atoms with Crippen molar-refractivity contribution in [1.82, 2.24) is 10.6 Å². The molecule has 250 valence electrons. The normalized spacial score (nSPS) is 13.1. The largest absolute Gasteiger partial charge is 0.456 e. The van der Waals surface area contributed by atoms with E-state index >= 15 is 0 Å². The van der Waals surface area contributed by atoms with Crippen molar-refractivity contribution in [2.75, 3.05) is 0 Å². The molecule has 0 radical (unpaired) electrons. The summed E-state index contributed by atoms with van der Waals surface area (Å²) in [6.07, 6.45) is -0.814. The van der Waals surface area contributed by atoms with Gasteiger partial charge in [-0.25, -0.2) is 0 Å². The molecule has 10 aromatic rings. The average molecular weight is 676 g/mol. The smallest absolute Gasteiger partial charge is 0.143 e. The molecule has 0 spiro atoms. The third kappa shape index (κ3) is 5.04. The van der Waals surface area contributed by atoms with E-state index in [0.29, 0.717) is 0 Å². The van der Waals surface area contributed by atoms with Crippen LogP contribution in [0, 0.1) is 0 Å². The maximum Gasteiger partial charge on any atom is 0.143 e. The zero-order chi connectivity index (χ0) is 34.8. The van der Waals surface area contributed by atoms with Crippen LogP contribution < -0.4 is 16.4 Å². The van der Waals surface area contributed by atoms with E-state index in [-0.39, 0.29) is 6.17 Å². The van der Waals surface area contributed by atoms with E-state index in [1.54, 1.807) is 0 Å². The highest BCUT2D eigenvalue weighted by molar-refractivity contribution is 6.12. The molecule has 3 aromatic heterocycles. The van der Waals surface area contributed by atoms with Crippen molar-refractivity contribution in [3.05, 3.63) is 175 Å². The first-order chi connectivity index (χ1) is 25.6. The first-order valence-corrected chi connectivity index (χ1v) is 17.4. The molecule has 3 heterocycles. The Morgan fingerprint density at radius 2 is 1.13 bits per heavy atom. The second-order valence-electron chi connectivity index (χ2n) is 13.3. The molecule has 0 aliphatic heterocycles. The van der Waals surface area contributed by atoms with Crippen molar-refractivity contribution in [3.8, 4) is 11.1 Å². The zero-order valence-corrected chi connectivity index (χ0v) is 28.1. The number of fused-ring (bicyclic) bond motifs is 9. The molecule has 0 saturated carbocycles. The quantitative estimate of drug-likeness (QED) is 0.139. The predicted octanol–water partition coefficient (Wildman–Crippen LogP) is 11.6. The van der Waals surface area contributed by atoms with Crippen LogP contribution in [0.3, 0.4) is 0 Å². The van der Waals surface area contributed by atoms with Crippen molar-refractivity contribution < 1.29 is 13.3 Å². The summed E-state index contributed by atoms with van der Waals surface area (Å²) in [6, 6.07) is 51.4. The molecule has 2 atom stereocenters. The highest BCUT2D eigenvalue weighted by Crippen LogP contribution is 2.39. The van der Waals surface area contributed by atoms with Crippen LogP contribution in [0.5, 0.6) is 0 Å². The highest BCUT2D eigenvalue weighted by Gasteiger charge is 2.20. The Hall–Kier alpha value is -6.60. The average Bonchev–Trinajstić information content (AvgIpc) is 3.88. The fourth-order valence-corrected chi connectivity index (χ4v) is 7.44. The lowest BCUT2D eigenvalue weighted by Gasteiger charge is -2.27. The molecular formula is C46H33N3O3.